The number of amides is 1. The van der Waals surface area contributed by atoms with Crippen LogP contribution < -0.4 is 15.4 Å². The van der Waals surface area contributed by atoms with Crippen molar-refractivity contribution in [1.29, 1.82) is 0 Å². The number of hydrogen-bond donors (Lipinski definition) is 2. The van der Waals surface area contributed by atoms with Crippen molar-refractivity contribution in [2.45, 2.75) is 13.0 Å². The molecule has 1 saturated heterocycles. The Morgan fingerprint density at radius 1 is 1.43 bits per heavy atom. The van der Waals surface area contributed by atoms with Gasteiger partial charge in [-0.25, -0.2) is 0 Å². The number of hydrogen-bond acceptors (Lipinski definition) is 4. The number of halogens is 2. The first-order chi connectivity index (χ1) is 9.20. The smallest absolute Gasteiger partial charge is 0.241 e. The zero-order chi connectivity index (χ0) is 13.7. The zero-order valence-electron chi connectivity index (χ0n) is 12.3. The molecule has 0 aliphatic carbocycles. The number of anilines is 1. The summed E-state index contributed by atoms with van der Waals surface area (Å²) in [5.41, 5.74) is 0.849. The number of nitrogens with zero attached hydrogens (tertiary/aromatic N) is 1. The van der Waals surface area contributed by atoms with Crippen molar-refractivity contribution < 1.29 is 9.53 Å². The lowest BCUT2D eigenvalue weighted by molar-refractivity contribution is -0.130. The van der Waals surface area contributed by atoms with Gasteiger partial charge in [0.2, 0.25) is 5.91 Å². The van der Waals surface area contributed by atoms with Crippen molar-refractivity contribution in [2.75, 3.05) is 38.6 Å². The molecule has 1 aliphatic heterocycles. The molecule has 1 heterocycles. The molecule has 5 nitrogen and oxygen atoms in total. The maximum Gasteiger partial charge on any atom is 0.241 e. The third-order valence-corrected chi connectivity index (χ3v) is 3.26. The molecule has 7 heteroatoms. The van der Waals surface area contributed by atoms with Crippen molar-refractivity contribution in [3.8, 4) is 5.75 Å². The van der Waals surface area contributed by atoms with Gasteiger partial charge < -0.3 is 20.3 Å². The summed E-state index contributed by atoms with van der Waals surface area (Å²) in [5, 5.41) is 6.46. The molecular weight excluding hydrogens is 313 g/mol. The molecule has 0 aromatic heterocycles. The maximum absolute atomic E-state index is 12.1. The minimum Gasteiger partial charge on any atom is -0.495 e. The fourth-order valence-electron chi connectivity index (χ4n) is 2.23. The third kappa shape index (κ3) is 5.61. The molecule has 1 unspecified atom stereocenters. The number of piperazine rings is 1. The summed E-state index contributed by atoms with van der Waals surface area (Å²) in [6, 6.07) is 7.97. The van der Waals surface area contributed by atoms with Crippen LogP contribution in [0.15, 0.2) is 24.3 Å². The van der Waals surface area contributed by atoms with Crippen molar-refractivity contribution in [2.24, 2.45) is 0 Å². The number of ether oxygens (including phenoxy) is 1. The van der Waals surface area contributed by atoms with Crippen LogP contribution >= 0.6 is 24.8 Å². The molecule has 1 aliphatic rings. The average molecular weight is 336 g/mol. The van der Waals surface area contributed by atoms with E-state index >= 15 is 0 Å². The Hall–Kier alpha value is -1.17. The summed E-state index contributed by atoms with van der Waals surface area (Å²) in [5.74, 6) is 0.878. The fourth-order valence-corrected chi connectivity index (χ4v) is 2.23. The second-order valence-electron chi connectivity index (χ2n) is 4.75. The summed E-state index contributed by atoms with van der Waals surface area (Å²) < 4.78 is 5.24. The number of carbonyl (C=O) groups excluding carboxylic acids is 1. The van der Waals surface area contributed by atoms with Gasteiger partial charge in [-0.05, 0) is 19.1 Å². The van der Waals surface area contributed by atoms with Crippen LogP contribution in [0.1, 0.15) is 6.92 Å². The second-order valence-corrected chi connectivity index (χ2v) is 4.75. The summed E-state index contributed by atoms with van der Waals surface area (Å²) in [4.78, 5) is 14.0. The van der Waals surface area contributed by atoms with E-state index in [0.717, 1.165) is 31.1 Å². The van der Waals surface area contributed by atoms with Crippen LogP contribution in [0.2, 0.25) is 0 Å². The Morgan fingerprint density at radius 2 is 2.14 bits per heavy atom. The molecule has 0 bridgehead atoms. The number of carbonyl (C=O) groups is 1. The Morgan fingerprint density at radius 3 is 2.81 bits per heavy atom. The molecular formula is C14H23Cl2N3O2. The molecule has 1 fully saturated rings. The standard InChI is InChI=1S/C14H21N3O2.2ClH/c1-11-10-17(8-7-15-11)14(18)9-16-12-5-3-4-6-13(12)19-2;;/h3-6,11,15-16H,7-10H2,1-2H3;2*1H. The van der Waals surface area contributed by atoms with Crippen molar-refractivity contribution in [1.82, 2.24) is 10.2 Å². The summed E-state index contributed by atoms with van der Waals surface area (Å²) in [6.07, 6.45) is 0. The monoisotopic (exact) mass is 335 g/mol. The van der Waals surface area contributed by atoms with Gasteiger partial charge in [-0.15, -0.1) is 24.8 Å². The van der Waals surface area contributed by atoms with Crippen LogP contribution in [0.4, 0.5) is 5.69 Å². The molecule has 1 aromatic carbocycles. The highest BCUT2D eigenvalue weighted by atomic mass is 35.5. The van der Waals surface area contributed by atoms with Crippen LogP contribution in [0.25, 0.3) is 0 Å². The molecule has 0 spiro atoms. The lowest BCUT2D eigenvalue weighted by Gasteiger charge is -2.32. The van der Waals surface area contributed by atoms with E-state index in [4.69, 9.17) is 4.74 Å². The highest BCUT2D eigenvalue weighted by molar-refractivity contribution is 5.85. The van der Waals surface area contributed by atoms with Crippen LogP contribution in [0.3, 0.4) is 0 Å². The molecule has 0 radical (unpaired) electrons. The van der Waals surface area contributed by atoms with Crippen LogP contribution in [0, 0.1) is 0 Å². The predicted octanol–water partition coefficient (Wildman–Crippen LogP) is 1.77. The van der Waals surface area contributed by atoms with E-state index in [0.29, 0.717) is 12.6 Å². The number of para-hydroxylation sites is 2. The number of methoxy groups -OCH3 is 1. The average Bonchev–Trinajstić information content (AvgIpc) is 2.45. The van der Waals surface area contributed by atoms with E-state index in [1.165, 1.54) is 0 Å². The highest BCUT2D eigenvalue weighted by Crippen LogP contribution is 2.22. The van der Waals surface area contributed by atoms with E-state index in [9.17, 15) is 4.79 Å². The van der Waals surface area contributed by atoms with Gasteiger partial charge in [0.25, 0.3) is 0 Å². The lowest BCUT2D eigenvalue weighted by atomic mass is 10.2. The Labute approximate surface area is 138 Å². The number of rotatable bonds is 4. The van der Waals surface area contributed by atoms with Gasteiger partial charge in [-0.2, -0.15) is 0 Å². The maximum atomic E-state index is 12.1. The molecule has 21 heavy (non-hydrogen) atoms. The van der Waals surface area contributed by atoms with E-state index < -0.39 is 0 Å². The van der Waals surface area contributed by atoms with Gasteiger partial charge in [0, 0.05) is 25.7 Å². The normalized spacial score (nSPS) is 17.2. The predicted molar refractivity (Wildman–Crippen MR) is 90.0 cm³/mol. The van der Waals surface area contributed by atoms with E-state index in [2.05, 4.69) is 17.6 Å². The van der Waals surface area contributed by atoms with E-state index in [1.807, 2.05) is 29.2 Å². The van der Waals surface area contributed by atoms with Gasteiger partial charge in [0.05, 0.1) is 19.3 Å². The molecule has 2 N–H and O–H groups in total. The van der Waals surface area contributed by atoms with Gasteiger partial charge in [-0.1, -0.05) is 12.1 Å². The first-order valence-corrected chi connectivity index (χ1v) is 6.58. The minimum absolute atomic E-state index is 0. The largest absolute Gasteiger partial charge is 0.495 e. The number of nitrogens with one attached hydrogen (secondary N) is 2. The number of benzene rings is 1. The van der Waals surface area contributed by atoms with Crippen molar-refractivity contribution in [3.63, 3.8) is 0 Å². The van der Waals surface area contributed by atoms with Gasteiger partial charge in [0.15, 0.2) is 0 Å². The first-order valence-electron chi connectivity index (χ1n) is 6.58. The molecule has 1 aromatic rings. The summed E-state index contributed by atoms with van der Waals surface area (Å²) in [6.45, 7) is 4.80. The molecule has 2 rings (SSSR count). The molecule has 1 atom stereocenters. The highest BCUT2D eigenvalue weighted by Gasteiger charge is 2.20. The van der Waals surface area contributed by atoms with Gasteiger partial charge in [0.1, 0.15) is 5.75 Å². The van der Waals surface area contributed by atoms with Crippen LogP contribution in [-0.4, -0.2) is 50.1 Å². The van der Waals surface area contributed by atoms with E-state index in [1.54, 1.807) is 7.11 Å². The Kier molecular flexibility index (Phi) is 9.17. The topological polar surface area (TPSA) is 53.6 Å². The molecule has 120 valence electrons. The SMILES string of the molecule is COc1ccccc1NCC(=O)N1CCNC(C)C1.Cl.Cl. The minimum atomic E-state index is 0. The summed E-state index contributed by atoms with van der Waals surface area (Å²) in [7, 11) is 1.63. The fraction of sp³-hybridized carbons (Fsp3) is 0.500. The third-order valence-electron chi connectivity index (χ3n) is 3.26. The summed E-state index contributed by atoms with van der Waals surface area (Å²) >= 11 is 0. The van der Waals surface area contributed by atoms with E-state index in [-0.39, 0.29) is 30.7 Å². The van der Waals surface area contributed by atoms with Crippen LogP contribution in [-0.2, 0) is 4.79 Å². The Balaban J connectivity index is 0.00000200. The second kappa shape index (κ2) is 9.71. The molecule has 1 amide bonds. The van der Waals surface area contributed by atoms with Gasteiger partial charge >= 0.3 is 0 Å². The van der Waals surface area contributed by atoms with Crippen molar-refractivity contribution >= 4 is 36.4 Å². The zero-order valence-corrected chi connectivity index (χ0v) is 13.9. The first kappa shape index (κ1) is 19.8. The lowest BCUT2D eigenvalue weighted by Crippen LogP contribution is -2.52. The van der Waals surface area contributed by atoms with Gasteiger partial charge in [-0.3, -0.25) is 4.79 Å². The van der Waals surface area contributed by atoms with Crippen LogP contribution in [0.5, 0.6) is 5.75 Å². The Bertz CT molecular complexity index is 446. The molecule has 0 saturated carbocycles. The quantitative estimate of drug-likeness (QED) is 0.880. The van der Waals surface area contributed by atoms with Crippen molar-refractivity contribution in [3.05, 3.63) is 24.3 Å².